The molecule has 0 saturated carbocycles. The molecule has 0 aliphatic rings. The number of amides is 1. The van der Waals surface area contributed by atoms with Crippen LogP contribution in [-0.2, 0) is 4.79 Å². The van der Waals surface area contributed by atoms with Crippen LogP contribution in [0.2, 0.25) is 0 Å². The molecule has 1 unspecified atom stereocenters. The van der Waals surface area contributed by atoms with E-state index in [2.05, 4.69) is 25.2 Å². The Balaban J connectivity index is 2.74. The van der Waals surface area contributed by atoms with E-state index in [1.165, 1.54) is 5.56 Å². The van der Waals surface area contributed by atoms with Gasteiger partial charge in [-0.1, -0.05) is 26.0 Å². The van der Waals surface area contributed by atoms with Crippen LogP contribution in [0.5, 0.6) is 5.75 Å². The number of likely N-dealkylation sites (N-methyl/N-ethyl adjacent to an activating group) is 1. The van der Waals surface area contributed by atoms with Crippen LogP contribution in [0.1, 0.15) is 32.3 Å². The number of benzene rings is 1. The molecule has 3 N–H and O–H groups in total. The largest absolute Gasteiger partial charge is 0.491 e. The highest BCUT2D eigenvalue weighted by Gasteiger charge is 2.30. The van der Waals surface area contributed by atoms with E-state index in [1.807, 2.05) is 18.2 Å². The maximum absolute atomic E-state index is 11.3. The normalized spacial score (nSPS) is 14.3. The number of ether oxygens (including phenoxy) is 1. The number of hydrogen-bond donors (Lipinski definition) is 2. The van der Waals surface area contributed by atoms with Crippen molar-refractivity contribution in [1.29, 1.82) is 0 Å². The van der Waals surface area contributed by atoms with Gasteiger partial charge in [-0.3, -0.25) is 4.79 Å². The van der Waals surface area contributed by atoms with Crippen molar-refractivity contribution < 1.29 is 9.53 Å². The third-order valence-electron chi connectivity index (χ3n) is 3.15. The molecule has 0 spiro atoms. The lowest BCUT2D eigenvalue weighted by molar-refractivity contribution is -0.124. The Morgan fingerprint density at radius 3 is 2.67 bits per heavy atom. The van der Waals surface area contributed by atoms with Gasteiger partial charge in [0.25, 0.3) is 0 Å². The second-order valence-electron chi connectivity index (χ2n) is 4.96. The van der Waals surface area contributed by atoms with E-state index in [1.54, 1.807) is 14.0 Å². The Morgan fingerprint density at radius 1 is 1.50 bits per heavy atom. The molecule has 0 aromatic heterocycles. The zero-order valence-corrected chi connectivity index (χ0v) is 11.5. The molecule has 0 fully saturated rings. The fourth-order valence-electron chi connectivity index (χ4n) is 1.46. The maximum Gasteiger partial charge on any atom is 0.240 e. The maximum atomic E-state index is 11.3. The number of hydrogen-bond acceptors (Lipinski definition) is 3. The number of carbonyl (C=O) groups is 1. The lowest BCUT2D eigenvalue weighted by Crippen LogP contribution is -2.55. The standard InChI is InChI=1S/C14H22N2O2/c1-10(2)11-6-5-7-12(8-11)18-9-14(3,16-4)13(15)17/h5-8,10,16H,9H2,1-4H3,(H2,15,17). The van der Waals surface area contributed by atoms with Crippen molar-refractivity contribution in [3.63, 3.8) is 0 Å². The molecule has 1 aromatic rings. The van der Waals surface area contributed by atoms with Gasteiger partial charge in [0.05, 0.1) is 0 Å². The number of nitrogens with two attached hydrogens (primary N) is 1. The van der Waals surface area contributed by atoms with Crippen LogP contribution in [0, 0.1) is 0 Å². The lowest BCUT2D eigenvalue weighted by Gasteiger charge is -2.25. The molecule has 18 heavy (non-hydrogen) atoms. The van der Waals surface area contributed by atoms with E-state index in [4.69, 9.17) is 10.5 Å². The molecular formula is C14H22N2O2. The lowest BCUT2D eigenvalue weighted by atomic mass is 10.0. The summed E-state index contributed by atoms with van der Waals surface area (Å²) in [6.07, 6.45) is 0. The van der Waals surface area contributed by atoms with Crippen molar-refractivity contribution >= 4 is 5.91 Å². The second kappa shape index (κ2) is 5.87. The molecular weight excluding hydrogens is 228 g/mol. The minimum Gasteiger partial charge on any atom is -0.491 e. The fourth-order valence-corrected chi connectivity index (χ4v) is 1.46. The van der Waals surface area contributed by atoms with E-state index in [0.717, 1.165) is 5.75 Å². The SMILES string of the molecule is CNC(C)(COc1cccc(C(C)C)c1)C(N)=O. The van der Waals surface area contributed by atoms with Gasteiger partial charge in [0, 0.05) is 0 Å². The van der Waals surface area contributed by atoms with Gasteiger partial charge in [-0.05, 0) is 37.6 Å². The Bertz CT molecular complexity index is 418. The van der Waals surface area contributed by atoms with Gasteiger partial charge in [-0.25, -0.2) is 0 Å². The molecule has 1 atom stereocenters. The molecule has 0 aliphatic carbocycles. The van der Waals surface area contributed by atoms with Crippen LogP contribution in [0.25, 0.3) is 0 Å². The topological polar surface area (TPSA) is 64.3 Å². The van der Waals surface area contributed by atoms with Crippen LogP contribution < -0.4 is 15.8 Å². The second-order valence-corrected chi connectivity index (χ2v) is 4.96. The molecule has 1 aromatic carbocycles. The summed E-state index contributed by atoms with van der Waals surface area (Å²) < 4.78 is 5.65. The molecule has 0 bridgehead atoms. The van der Waals surface area contributed by atoms with Crippen LogP contribution in [0.3, 0.4) is 0 Å². The number of carbonyl (C=O) groups excluding carboxylic acids is 1. The molecule has 4 nitrogen and oxygen atoms in total. The van der Waals surface area contributed by atoms with Crippen LogP contribution in [0.15, 0.2) is 24.3 Å². The van der Waals surface area contributed by atoms with Crippen molar-refractivity contribution in [2.45, 2.75) is 32.2 Å². The van der Waals surface area contributed by atoms with Crippen LogP contribution in [0.4, 0.5) is 0 Å². The summed E-state index contributed by atoms with van der Waals surface area (Å²) in [5.74, 6) is 0.773. The first-order valence-corrected chi connectivity index (χ1v) is 6.10. The summed E-state index contributed by atoms with van der Waals surface area (Å²) in [7, 11) is 1.69. The molecule has 4 heteroatoms. The summed E-state index contributed by atoms with van der Waals surface area (Å²) >= 11 is 0. The predicted molar refractivity (Wildman–Crippen MR) is 72.7 cm³/mol. The highest BCUT2D eigenvalue weighted by Crippen LogP contribution is 2.20. The van der Waals surface area contributed by atoms with Crippen LogP contribution >= 0.6 is 0 Å². The van der Waals surface area contributed by atoms with Crippen molar-refractivity contribution in [2.24, 2.45) is 5.73 Å². The minimum atomic E-state index is -0.853. The van der Waals surface area contributed by atoms with E-state index in [0.29, 0.717) is 5.92 Å². The fraction of sp³-hybridized carbons (Fsp3) is 0.500. The quantitative estimate of drug-likeness (QED) is 0.807. The van der Waals surface area contributed by atoms with Crippen molar-refractivity contribution in [3.8, 4) is 5.75 Å². The van der Waals surface area contributed by atoms with Gasteiger partial charge in [-0.2, -0.15) is 0 Å². The number of rotatable bonds is 6. The van der Waals surface area contributed by atoms with Gasteiger partial charge >= 0.3 is 0 Å². The van der Waals surface area contributed by atoms with Gasteiger partial charge < -0.3 is 15.8 Å². The molecule has 0 radical (unpaired) electrons. The first kappa shape index (κ1) is 14.5. The zero-order valence-electron chi connectivity index (χ0n) is 11.5. The van der Waals surface area contributed by atoms with Gasteiger partial charge in [-0.15, -0.1) is 0 Å². The van der Waals surface area contributed by atoms with Crippen molar-refractivity contribution in [2.75, 3.05) is 13.7 Å². The highest BCUT2D eigenvalue weighted by atomic mass is 16.5. The Kier molecular flexibility index (Phi) is 4.73. The van der Waals surface area contributed by atoms with E-state index >= 15 is 0 Å². The van der Waals surface area contributed by atoms with Crippen molar-refractivity contribution in [1.82, 2.24) is 5.32 Å². The number of primary amides is 1. The summed E-state index contributed by atoms with van der Waals surface area (Å²) in [4.78, 5) is 11.3. The summed E-state index contributed by atoms with van der Waals surface area (Å²) in [5.41, 5.74) is 5.70. The molecule has 0 aliphatic heterocycles. The third-order valence-corrected chi connectivity index (χ3v) is 3.15. The Morgan fingerprint density at radius 2 is 2.17 bits per heavy atom. The van der Waals surface area contributed by atoms with E-state index in [-0.39, 0.29) is 6.61 Å². The predicted octanol–water partition coefficient (Wildman–Crippen LogP) is 1.65. The Labute approximate surface area is 109 Å². The van der Waals surface area contributed by atoms with Crippen molar-refractivity contribution in [3.05, 3.63) is 29.8 Å². The monoisotopic (exact) mass is 250 g/mol. The average Bonchev–Trinajstić information content (AvgIpc) is 2.36. The first-order valence-electron chi connectivity index (χ1n) is 6.10. The molecule has 1 amide bonds. The number of nitrogens with one attached hydrogen (secondary N) is 1. The minimum absolute atomic E-state index is 0.209. The first-order chi connectivity index (χ1) is 8.39. The zero-order chi connectivity index (χ0) is 13.8. The molecule has 100 valence electrons. The van der Waals surface area contributed by atoms with Gasteiger partial charge in [0.15, 0.2) is 0 Å². The van der Waals surface area contributed by atoms with Crippen LogP contribution in [-0.4, -0.2) is 25.1 Å². The summed E-state index contributed by atoms with van der Waals surface area (Å²) in [5, 5.41) is 2.89. The Hall–Kier alpha value is -1.55. The molecule has 0 saturated heterocycles. The average molecular weight is 250 g/mol. The summed E-state index contributed by atoms with van der Waals surface area (Å²) in [6.45, 7) is 6.18. The smallest absolute Gasteiger partial charge is 0.240 e. The van der Waals surface area contributed by atoms with Gasteiger partial charge in [0.1, 0.15) is 17.9 Å². The van der Waals surface area contributed by atoms with Gasteiger partial charge in [0.2, 0.25) is 5.91 Å². The highest BCUT2D eigenvalue weighted by molar-refractivity contribution is 5.84. The summed E-state index contributed by atoms with van der Waals surface area (Å²) in [6, 6.07) is 7.87. The van der Waals surface area contributed by atoms with E-state index < -0.39 is 11.4 Å². The van der Waals surface area contributed by atoms with E-state index in [9.17, 15) is 4.79 Å². The third kappa shape index (κ3) is 3.47. The molecule has 0 heterocycles. The molecule has 1 rings (SSSR count).